The van der Waals surface area contributed by atoms with Crippen molar-refractivity contribution >= 4 is 5.91 Å². The molecule has 0 saturated carbocycles. The summed E-state index contributed by atoms with van der Waals surface area (Å²) in [6, 6.07) is 1.69. The first kappa shape index (κ1) is 15.5. The number of H-pyrrole nitrogens is 1. The van der Waals surface area contributed by atoms with Crippen molar-refractivity contribution in [2.24, 2.45) is 7.05 Å². The SMILES string of the molecule is Cc1cc[nH]c(=O)c1C(=O)N[C@@H]1CCO[C@@H](c2cncn2C)C1. The maximum Gasteiger partial charge on any atom is 0.261 e. The number of rotatable bonds is 3. The van der Waals surface area contributed by atoms with Gasteiger partial charge in [0.05, 0.1) is 18.2 Å². The van der Waals surface area contributed by atoms with E-state index in [-0.39, 0.29) is 29.2 Å². The third kappa shape index (κ3) is 3.19. The first-order chi connectivity index (χ1) is 11.1. The zero-order valence-electron chi connectivity index (χ0n) is 13.2. The molecule has 122 valence electrons. The van der Waals surface area contributed by atoms with Crippen molar-refractivity contribution in [3.05, 3.63) is 52.0 Å². The molecule has 0 radical (unpaired) electrons. The van der Waals surface area contributed by atoms with Crippen LogP contribution < -0.4 is 10.9 Å². The quantitative estimate of drug-likeness (QED) is 0.886. The molecule has 0 aromatic carbocycles. The molecule has 1 fully saturated rings. The fourth-order valence-electron chi connectivity index (χ4n) is 2.93. The molecule has 2 N–H and O–H groups in total. The molecule has 3 rings (SSSR count). The molecule has 1 amide bonds. The van der Waals surface area contributed by atoms with Crippen molar-refractivity contribution < 1.29 is 9.53 Å². The first-order valence-electron chi connectivity index (χ1n) is 7.63. The number of hydrogen-bond acceptors (Lipinski definition) is 4. The van der Waals surface area contributed by atoms with Crippen LogP contribution in [0.2, 0.25) is 0 Å². The molecule has 2 aromatic heterocycles. The Kier molecular flexibility index (Phi) is 4.29. The van der Waals surface area contributed by atoms with Crippen LogP contribution in [0.25, 0.3) is 0 Å². The van der Waals surface area contributed by atoms with Crippen LogP contribution in [0.4, 0.5) is 0 Å². The van der Waals surface area contributed by atoms with E-state index in [2.05, 4.69) is 15.3 Å². The number of aromatic amines is 1. The van der Waals surface area contributed by atoms with Gasteiger partial charge in [-0.3, -0.25) is 9.59 Å². The molecule has 1 aliphatic heterocycles. The number of aromatic nitrogens is 3. The predicted molar refractivity (Wildman–Crippen MR) is 84.2 cm³/mol. The van der Waals surface area contributed by atoms with Crippen LogP contribution in [0.3, 0.4) is 0 Å². The third-order valence-electron chi connectivity index (χ3n) is 4.20. The van der Waals surface area contributed by atoms with Gasteiger partial charge in [-0.05, 0) is 31.4 Å². The van der Waals surface area contributed by atoms with Crippen LogP contribution in [-0.2, 0) is 11.8 Å². The molecule has 2 atom stereocenters. The van der Waals surface area contributed by atoms with E-state index in [0.29, 0.717) is 18.6 Å². The van der Waals surface area contributed by atoms with Crippen LogP contribution in [0.5, 0.6) is 0 Å². The van der Waals surface area contributed by atoms with Gasteiger partial charge in [0.1, 0.15) is 11.7 Å². The molecule has 1 saturated heterocycles. The highest BCUT2D eigenvalue weighted by Crippen LogP contribution is 2.27. The molecule has 3 heterocycles. The molecule has 0 unspecified atom stereocenters. The van der Waals surface area contributed by atoms with Gasteiger partial charge in [0.2, 0.25) is 0 Å². The van der Waals surface area contributed by atoms with Crippen LogP contribution >= 0.6 is 0 Å². The first-order valence-corrected chi connectivity index (χ1v) is 7.63. The highest BCUT2D eigenvalue weighted by atomic mass is 16.5. The fraction of sp³-hybridized carbons (Fsp3) is 0.438. The number of ether oxygens (including phenoxy) is 1. The van der Waals surface area contributed by atoms with Gasteiger partial charge in [0, 0.05) is 25.9 Å². The van der Waals surface area contributed by atoms with Gasteiger partial charge in [-0.25, -0.2) is 4.98 Å². The van der Waals surface area contributed by atoms with Crippen LogP contribution in [0, 0.1) is 6.92 Å². The standard InChI is InChI=1S/C16H20N4O3/c1-10-3-5-18-15(21)14(10)16(22)19-11-4-6-23-13(7-11)12-8-17-9-20(12)2/h3,5,8-9,11,13H,4,6-7H2,1-2H3,(H,18,21)(H,19,22)/t11-,13-/m1/s1. The number of nitrogens with zero attached hydrogens (tertiary/aromatic N) is 2. The van der Waals surface area contributed by atoms with E-state index in [0.717, 1.165) is 12.1 Å². The summed E-state index contributed by atoms with van der Waals surface area (Å²) >= 11 is 0. The van der Waals surface area contributed by atoms with Gasteiger partial charge in [-0.1, -0.05) is 0 Å². The molecule has 2 aromatic rings. The molecular formula is C16H20N4O3. The Hall–Kier alpha value is -2.41. The van der Waals surface area contributed by atoms with Crippen molar-refractivity contribution in [2.75, 3.05) is 6.61 Å². The third-order valence-corrected chi connectivity index (χ3v) is 4.20. The maximum atomic E-state index is 12.4. The van der Waals surface area contributed by atoms with Crippen LogP contribution in [-0.4, -0.2) is 33.1 Å². The van der Waals surface area contributed by atoms with Crippen molar-refractivity contribution in [3.63, 3.8) is 0 Å². The second-order valence-electron chi connectivity index (χ2n) is 5.85. The Morgan fingerprint density at radius 1 is 1.52 bits per heavy atom. The zero-order valence-corrected chi connectivity index (χ0v) is 13.2. The Labute approximate surface area is 133 Å². The number of amides is 1. The lowest BCUT2D eigenvalue weighted by molar-refractivity contribution is -0.00303. The van der Waals surface area contributed by atoms with E-state index in [1.54, 1.807) is 31.7 Å². The summed E-state index contributed by atoms with van der Waals surface area (Å²) in [7, 11) is 1.92. The Morgan fingerprint density at radius 3 is 3.04 bits per heavy atom. The van der Waals surface area contributed by atoms with Gasteiger partial charge in [0.25, 0.3) is 11.5 Å². The summed E-state index contributed by atoms with van der Waals surface area (Å²) in [5.74, 6) is -0.333. The van der Waals surface area contributed by atoms with Crippen molar-refractivity contribution in [1.29, 1.82) is 0 Å². The summed E-state index contributed by atoms with van der Waals surface area (Å²) in [5, 5.41) is 2.96. The number of imidazole rings is 1. The summed E-state index contributed by atoms with van der Waals surface area (Å²) in [5.41, 5.74) is 1.47. The van der Waals surface area contributed by atoms with E-state index in [1.807, 2.05) is 11.6 Å². The molecule has 0 aliphatic carbocycles. The van der Waals surface area contributed by atoms with Crippen LogP contribution in [0.15, 0.2) is 29.6 Å². The summed E-state index contributed by atoms with van der Waals surface area (Å²) in [6.45, 7) is 2.32. The second kappa shape index (κ2) is 6.37. The average molecular weight is 316 g/mol. The van der Waals surface area contributed by atoms with Gasteiger partial charge in [-0.2, -0.15) is 0 Å². The second-order valence-corrected chi connectivity index (χ2v) is 5.85. The van der Waals surface area contributed by atoms with Gasteiger partial charge >= 0.3 is 0 Å². The highest BCUT2D eigenvalue weighted by Gasteiger charge is 2.27. The largest absolute Gasteiger partial charge is 0.372 e. The molecular weight excluding hydrogens is 296 g/mol. The molecule has 23 heavy (non-hydrogen) atoms. The summed E-state index contributed by atoms with van der Waals surface area (Å²) in [6.07, 6.45) is 6.34. The minimum atomic E-state index is -0.363. The van der Waals surface area contributed by atoms with E-state index < -0.39 is 0 Å². The lowest BCUT2D eigenvalue weighted by Gasteiger charge is -2.30. The number of nitrogens with one attached hydrogen (secondary N) is 2. The van der Waals surface area contributed by atoms with E-state index in [1.165, 1.54) is 0 Å². The maximum absolute atomic E-state index is 12.4. The molecule has 0 spiro atoms. The number of aryl methyl sites for hydroxylation is 2. The highest BCUT2D eigenvalue weighted by molar-refractivity contribution is 5.95. The van der Waals surface area contributed by atoms with Crippen molar-refractivity contribution in [1.82, 2.24) is 19.9 Å². The smallest absolute Gasteiger partial charge is 0.261 e. The molecule has 7 nitrogen and oxygen atoms in total. The summed E-state index contributed by atoms with van der Waals surface area (Å²) in [4.78, 5) is 30.9. The topological polar surface area (TPSA) is 89.0 Å². The molecule has 7 heteroatoms. The van der Waals surface area contributed by atoms with Gasteiger partial charge < -0.3 is 19.6 Å². The van der Waals surface area contributed by atoms with E-state index in [4.69, 9.17) is 4.74 Å². The molecule has 0 bridgehead atoms. The minimum absolute atomic E-state index is 0.0323. The van der Waals surface area contributed by atoms with Crippen molar-refractivity contribution in [3.8, 4) is 0 Å². The van der Waals surface area contributed by atoms with Crippen molar-refractivity contribution in [2.45, 2.75) is 31.9 Å². The van der Waals surface area contributed by atoms with Gasteiger partial charge in [-0.15, -0.1) is 0 Å². The zero-order chi connectivity index (χ0) is 16.4. The number of carbonyl (C=O) groups excluding carboxylic acids is 1. The summed E-state index contributed by atoms with van der Waals surface area (Å²) < 4.78 is 7.71. The average Bonchev–Trinajstić information content (AvgIpc) is 2.93. The Bertz CT molecular complexity index is 765. The Balaban J connectivity index is 1.72. The number of pyridine rings is 1. The normalized spacial score (nSPS) is 21.1. The monoisotopic (exact) mass is 316 g/mol. The number of hydrogen-bond donors (Lipinski definition) is 2. The Morgan fingerprint density at radius 2 is 2.35 bits per heavy atom. The van der Waals surface area contributed by atoms with Crippen LogP contribution in [0.1, 0.15) is 40.6 Å². The molecule has 1 aliphatic rings. The van der Waals surface area contributed by atoms with E-state index in [9.17, 15) is 9.59 Å². The van der Waals surface area contributed by atoms with Gasteiger partial charge in [0.15, 0.2) is 0 Å². The predicted octanol–water partition coefficient (Wildman–Crippen LogP) is 1.07. The fourth-order valence-corrected chi connectivity index (χ4v) is 2.93. The minimum Gasteiger partial charge on any atom is -0.372 e. The van der Waals surface area contributed by atoms with E-state index >= 15 is 0 Å². The lowest BCUT2D eigenvalue weighted by Crippen LogP contribution is -2.42. The lowest BCUT2D eigenvalue weighted by atomic mass is 10.0. The number of carbonyl (C=O) groups is 1.